The number of hydrogen-bond acceptors (Lipinski definition) is 4. The number of amides is 3. The molecule has 0 saturated carbocycles. The van der Waals surface area contributed by atoms with Gasteiger partial charge in [-0.2, -0.15) is 0 Å². The molecule has 0 spiro atoms. The number of rotatable bonds is 6. The standard InChI is InChI=1S/C23H24FN5O3/c24-16-5-3-4-15(12-16)19-13-26-22(28-19)20-6-1-2-11-29(20)23(31)27-17-7-9-18(10-8-17)32-14-21(25)30/h3-5,7-10,12-13,20H,1-2,6,11,14H2,(H2,25,30)(H,26,28)(H,27,31). The number of primary amides is 1. The van der Waals surface area contributed by atoms with E-state index in [1.807, 2.05) is 6.07 Å². The van der Waals surface area contributed by atoms with Crippen LogP contribution in [0.25, 0.3) is 11.3 Å². The predicted molar refractivity (Wildman–Crippen MR) is 117 cm³/mol. The summed E-state index contributed by atoms with van der Waals surface area (Å²) in [5.74, 6) is 0.285. The quantitative estimate of drug-likeness (QED) is 0.544. The highest BCUT2D eigenvalue weighted by molar-refractivity contribution is 5.89. The fraction of sp³-hybridized carbons (Fsp3) is 0.261. The number of nitrogens with zero attached hydrogens (tertiary/aromatic N) is 2. The van der Waals surface area contributed by atoms with Crippen molar-refractivity contribution in [1.29, 1.82) is 0 Å². The number of hydrogen-bond donors (Lipinski definition) is 3. The average molecular weight is 437 g/mol. The third kappa shape index (κ3) is 5.05. The molecule has 3 amide bonds. The second-order valence-corrected chi connectivity index (χ2v) is 7.61. The topological polar surface area (TPSA) is 113 Å². The first-order valence-electron chi connectivity index (χ1n) is 10.4. The number of aromatic nitrogens is 2. The number of halogens is 1. The number of piperidine rings is 1. The van der Waals surface area contributed by atoms with Crippen molar-refractivity contribution in [3.05, 3.63) is 66.4 Å². The molecule has 0 aliphatic carbocycles. The zero-order valence-corrected chi connectivity index (χ0v) is 17.4. The van der Waals surface area contributed by atoms with E-state index < -0.39 is 5.91 Å². The summed E-state index contributed by atoms with van der Waals surface area (Å²) >= 11 is 0. The highest BCUT2D eigenvalue weighted by atomic mass is 19.1. The molecule has 3 aromatic rings. The summed E-state index contributed by atoms with van der Waals surface area (Å²) < 4.78 is 18.8. The molecule has 1 saturated heterocycles. The van der Waals surface area contributed by atoms with Gasteiger partial charge in [0, 0.05) is 17.8 Å². The Balaban J connectivity index is 1.45. The van der Waals surface area contributed by atoms with Gasteiger partial charge >= 0.3 is 6.03 Å². The number of anilines is 1. The van der Waals surface area contributed by atoms with Crippen LogP contribution in [0.2, 0.25) is 0 Å². The molecule has 32 heavy (non-hydrogen) atoms. The monoisotopic (exact) mass is 437 g/mol. The summed E-state index contributed by atoms with van der Waals surface area (Å²) in [4.78, 5) is 33.3. The molecule has 4 rings (SSSR count). The highest BCUT2D eigenvalue weighted by Crippen LogP contribution is 2.31. The van der Waals surface area contributed by atoms with Crippen LogP contribution >= 0.6 is 0 Å². The molecule has 166 valence electrons. The molecule has 4 N–H and O–H groups in total. The normalized spacial score (nSPS) is 15.9. The number of carbonyl (C=O) groups excluding carboxylic acids is 2. The fourth-order valence-electron chi connectivity index (χ4n) is 3.75. The van der Waals surface area contributed by atoms with E-state index in [0.29, 0.717) is 35.1 Å². The van der Waals surface area contributed by atoms with Crippen LogP contribution in [0.4, 0.5) is 14.9 Å². The van der Waals surface area contributed by atoms with Gasteiger partial charge in [0.15, 0.2) is 6.61 Å². The van der Waals surface area contributed by atoms with E-state index >= 15 is 0 Å². The summed E-state index contributed by atoms with van der Waals surface area (Å²) in [6.07, 6.45) is 4.33. The summed E-state index contributed by atoms with van der Waals surface area (Å²) in [6.45, 7) is 0.397. The first-order chi connectivity index (χ1) is 15.5. The van der Waals surface area contributed by atoms with E-state index in [9.17, 15) is 14.0 Å². The van der Waals surface area contributed by atoms with Crippen LogP contribution < -0.4 is 15.8 Å². The third-order valence-electron chi connectivity index (χ3n) is 5.30. The lowest BCUT2D eigenvalue weighted by molar-refractivity contribution is -0.119. The first kappa shape index (κ1) is 21.4. The van der Waals surface area contributed by atoms with E-state index in [-0.39, 0.29) is 24.5 Å². The van der Waals surface area contributed by atoms with Crippen LogP contribution in [-0.2, 0) is 4.79 Å². The molecule has 1 aliphatic rings. The summed E-state index contributed by atoms with van der Waals surface area (Å²) in [5.41, 5.74) is 7.08. The van der Waals surface area contributed by atoms with Crippen LogP contribution in [0.15, 0.2) is 54.7 Å². The zero-order valence-electron chi connectivity index (χ0n) is 17.4. The van der Waals surface area contributed by atoms with Crippen molar-refractivity contribution in [3.8, 4) is 17.0 Å². The lowest BCUT2D eigenvalue weighted by Crippen LogP contribution is -2.41. The number of nitrogens with two attached hydrogens (primary N) is 1. The van der Waals surface area contributed by atoms with Gasteiger partial charge in [0.05, 0.1) is 17.9 Å². The van der Waals surface area contributed by atoms with Gasteiger partial charge in [-0.1, -0.05) is 12.1 Å². The van der Waals surface area contributed by atoms with Gasteiger partial charge in [-0.25, -0.2) is 14.2 Å². The molecule has 1 aliphatic heterocycles. The van der Waals surface area contributed by atoms with Crippen LogP contribution in [-0.4, -0.2) is 40.0 Å². The number of aromatic amines is 1. The average Bonchev–Trinajstić information content (AvgIpc) is 3.29. The van der Waals surface area contributed by atoms with Crippen molar-refractivity contribution >= 4 is 17.6 Å². The molecule has 0 bridgehead atoms. The van der Waals surface area contributed by atoms with E-state index in [0.717, 1.165) is 19.3 Å². The molecule has 1 unspecified atom stereocenters. The van der Waals surface area contributed by atoms with Crippen molar-refractivity contribution in [3.63, 3.8) is 0 Å². The van der Waals surface area contributed by atoms with Crippen LogP contribution in [0.1, 0.15) is 31.1 Å². The molecule has 9 heteroatoms. The molecule has 1 fully saturated rings. The Morgan fingerprint density at radius 2 is 2.03 bits per heavy atom. The Kier molecular flexibility index (Phi) is 6.34. The number of benzene rings is 2. The smallest absolute Gasteiger partial charge is 0.322 e. The number of urea groups is 1. The van der Waals surface area contributed by atoms with Gasteiger partial charge in [-0.05, 0) is 55.7 Å². The van der Waals surface area contributed by atoms with Gasteiger partial charge in [0.1, 0.15) is 17.4 Å². The molecule has 0 radical (unpaired) electrons. The maximum Gasteiger partial charge on any atom is 0.322 e. The fourth-order valence-corrected chi connectivity index (χ4v) is 3.75. The Morgan fingerprint density at radius 1 is 1.22 bits per heavy atom. The van der Waals surface area contributed by atoms with Crippen LogP contribution in [0.5, 0.6) is 5.75 Å². The molecular weight excluding hydrogens is 413 g/mol. The third-order valence-corrected chi connectivity index (χ3v) is 5.30. The summed E-state index contributed by atoms with van der Waals surface area (Å²) in [5, 5.41) is 2.90. The molecule has 2 aromatic carbocycles. The summed E-state index contributed by atoms with van der Waals surface area (Å²) in [7, 11) is 0. The molecule has 1 atom stereocenters. The maximum absolute atomic E-state index is 13.6. The van der Waals surface area contributed by atoms with Crippen molar-refractivity contribution in [2.24, 2.45) is 5.73 Å². The number of carbonyl (C=O) groups is 2. The lowest BCUT2D eigenvalue weighted by atomic mass is 10.0. The summed E-state index contributed by atoms with van der Waals surface area (Å²) in [6, 6.07) is 12.6. The Morgan fingerprint density at radius 3 is 2.78 bits per heavy atom. The van der Waals surface area contributed by atoms with Gasteiger partial charge in [0.25, 0.3) is 5.91 Å². The second kappa shape index (κ2) is 9.51. The van der Waals surface area contributed by atoms with Gasteiger partial charge < -0.3 is 25.7 Å². The van der Waals surface area contributed by atoms with E-state index in [1.165, 1.54) is 12.1 Å². The number of nitrogens with one attached hydrogen (secondary N) is 2. The van der Waals surface area contributed by atoms with Crippen molar-refractivity contribution in [2.45, 2.75) is 25.3 Å². The lowest BCUT2D eigenvalue weighted by Gasteiger charge is -2.34. The zero-order chi connectivity index (χ0) is 22.5. The first-order valence-corrected chi connectivity index (χ1v) is 10.4. The number of imidazole rings is 1. The SMILES string of the molecule is NC(=O)COc1ccc(NC(=O)N2CCCCC2c2ncc(-c3cccc(F)c3)[nH]2)cc1. The minimum atomic E-state index is -0.558. The van der Waals surface area contributed by atoms with Crippen LogP contribution in [0.3, 0.4) is 0 Å². The molecule has 2 heterocycles. The van der Waals surface area contributed by atoms with Crippen molar-refractivity contribution in [2.75, 3.05) is 18.5 Å². The number of H-pyrrole nitrogens is 1. The second-order valence-electron chi connectivity index (χ2n) is 7.61. The minimum absolute atomic E-state index is 0.204. The van der Waals surface area contributed by atoms with Gasteiger partial charge in [-0.3, -0.25) is 4.79 Å². The Hall–Kier alpha value is -3.88. The predicted octanol–water partition coefficient (Wildman–Crippen LogP) is 3.84. The highest BCUT2D eigenvalue weighted by Gasteiger charge is 2.30. The van der Waals surface area contributed by atoms with E-state index in [2.05, 4.69) is 15.3 Å². The van der Waals surface area contributed by atoms with Gasteiger partial charge in [0.2, 0.25) is 0 Å². The van der Waals surface area contributed by atoms with E-state index in [4.69, 9.17) is 10.5 Å². The van der Waals surface area contributed by atoms with Crippen LogP contribution in [0, 0.1) is 5.82 Å². The molecular formula is C23H24FN5O3. The van der Waals surface area contributed by atoms with Crippen molar-refractivity contribution < 1.29 is 18.7 Å². The van der Waals surface area contributed by atoms with Crippen molar-refractivity contribution in [1.82, 2.24) is 14.9 Å². The molecule has 8 nitrogen and oxygen atoms in total. The maximum atomic E-state index is 13.6. The molecule has 1 aromatic heterocycles. The largest absolute Gasteiger partial charge is 0.484 e. The van der Waals surface area contributed by atoms with E-state index in [1.54, 1.807) is 41.4 Å². The van der Waals surface area contributed by atoms with Gasteiger partial charge in [-0.15, -0.1) is 0 Å². The minimum Gasteiger partial charge on any atom is -0.484 e. The number of ether oxygens (including phenoxy) is 1. The Labute approximate surface area is 184 Å². The number of likely N-dealkylation sites (tertiary alicyclic amines) is 1. The Bertz CT molecular complexity index is 1100.